The van der Waals surface area contributed by atoms with Crippen LogP contribution in [0.2, 0.25) is 0 Å². The SMILES string of the molecule is CCOCC(NC(=O)c1cc(C)ccc1N)C(C)C. The van der Waals surface area contributed by atoms with E-state index < -0.39 is 0 Å². The van der Waals surface area contributed by atoms with E-state index >= 15 is 0 Å². The molecular formula is C15H24N2O2. The molecule has 0 saturated heterocycles. The summed E-state index contributed by atoms with van der Waals surface area (Å²) in [7, 11) is 0. The van der Waals surface area contributed by atoms with Gasteiger partial charge >= 0.3 is 0 Å². The summed E-state index contributed by atoms with van der Waals surface area (Å²) >= 11 is 0. The number of nitrogens with two attached hydrogens (primary N) is 1. The Kier molecular flexibility index (Phi) is 5.83. The zero-order chi connectivity index (χ0) is 14.4. The summed E-state index contributed by atoms with van der Waals surface area (Å²) in [6.45, 7) is 9.17. The van der Waals surface area contributed by atoms with Crippen LogP contribution in [0.3, 0.4) is 0 Å². The van der Waals surface area contributed by atoms with E-state index in [0.717, 1.165) is 5.56 Å². The van der Waals surface area contributed by atoms with Gasteiger partial charge in [-0.05, 0) is 31.9 Å². The Labute approximate surface area is 115 Å². The standard InChI is InChI=1S/C15H24N2O2/c1-5-19-9-14(10(2)3)17-15(18)12-8-11(4)6-7-13(12)16/h6-8,10,14H,5,9,16H2,1-4H3,(H,17,18). The van der Waals surface area contributed by atoms with Crippen molar-refractivity contribution in [3.05, 3.63) is 29.3 Å². The molecule has 1 amide bonds. The van der Waals surface area contributed by atoms with Gasteiger partial charge in [-0.2, -0.15) is 0 Å². The highest BCUT2D eigenvalue weighted by molar-refractivity contribution is 5.99. The van der Waals surface area contributed by atoms with Gasteiger partial charge < -0.3 is 15.8 Å². The molecule has 0 heterocycles. The number of hydrogen-bond acceptors (Lipinski definition) is 3. The minimum Gasteiger partial charge on any atom is -0.398 e. The fourth-order valence-electron chi connectivity index (χ4n) is 1.76. The lowest BCUT2D eigenvalue weighted by Gasteiger charge is -2.22. The number of benzene rings is 1. The number of anilines is 1. The lowest BCUT2D eigenvalue weighted by atomic mass is 10.0. The normalized spacial score (nSPS) is 12.5. The molecule has 3 N–H and O–H groups in total. The Hall–Kier alpha value is -1.55. The van der Waals surface area contributed by atoms with Crippen LogP contribution in [-0.4, -0.2) is 25.2 Å². The van der Waals surface area contributed by atoms with E-state index in [1.165, 1.54) is 0 Å². The van der Waals surface area contributed by atoms with Gasteiger partial charge in [0.1, 0.15) is 0 Å². The fraction of sp³-hybridized carbons (Fsp3) is 0.533. The van der Waals surface area contributed by atoms with Crippen molar-refractivity contribution >= 4 is 11.6 Å². The van der Waals surface area contributed by atoms with Crippen LogP contribution in [0.25, 0.3) is 0 Å². The van der Waals surface area contributed by atoms with Gasteiger partial charge in [-0.15, -0.1) is 0 Å². The molecule has 1 aromatic carbocycles. The average molecular weight is 264 g/mol. The second kappa shape index (κ2) is 7.14. The van der Waals surface area contributed by atoms with Crippen molar-refractivity contribution in [3.8, 4) is 0 Å². The van der Waals surface area contributed by atoms with E-state index in [1.807, 2.05) is 26.0 Å². The van der Waals surface area contributed by atoms with E-state index in [9.17, 15) is 4.79 Å². The first-order chi connectivity index (χ1) is 8.95. The highest BCUT2D eigenvalue weighted by Gasteiger charge is 2.18. The molecule has 0 aliphatic heterocycles. The molecule has 0 aliphatic carbocycles. The molecule has 4 nitrogen and oxygen atoms in total. The summed E-state index contributed by atoms with van der Waals surface area (Å²) in [6, 6.07) is 5.46. The Morgan fingerprint density at radius 2 is 2.11 bits per heavy atom. The fourth-order valence-corrected chi connectivity index (χ4v) is 1.76. The van der Waals surface area contributed by atoms with E-state index in [2.05, 4.69) is 19.2 Å². The molecule has 0 aromatic heterocycles. The molecule has 0 bridgehead atoms. The number of hydrogen-bond donors (Lipinski definition) is 2. The zero-order valence-corrected chi connectivity index (χ0v) is 12.2. The maximum absolute atomic E-state index is 12.2. The summed E-state index contributed by atoms with van der Waals surface area (Å²) < 4.78 is 5.40. The second-order valence-corrected chi connectivity index (χ2v) is 5.07. The summed E-state index contributed by atoms with van der Waals surface area (Å²) in [5.41, 5.74) is 7.90. The van der Waals surface area contributed by atoms with Gasteiger partial charge in [0.2, 0.25) is 0 Å². The highest BCUT2D eigenvalue weighted by Crippen LogP contribution is 2.14. The maximum atomic E-state index is 12.2. The van der Waals surface area contributed by atoms with Crippen LogP contribution in [0.5, 0.6) is 0 Å². The number of nitrogens with one attached hydrogen (secondary N) is 1. The molecule has 106 valence electrons. The quantitative estimate of drug-likeness (QED) is 0.775. The molecule has 0 spiro atoms. The minimum atomic E-state index is -0.139. The van der Waals surface area contributed by atoms with Crippen molar-refractivity contribution in [2.24, 2.45) is 5.92 Å². The lowest BCUT2D eigenvalue weighted by Crippen LogP contribution is -2.42. The first-order valence-corrected chi connectivity index (χ1v) is 6.70. The van der Waals surface area contributed by atoms with Gasteiger partial charge in [-0.3, -0.25) is 4.79 Å². The largest absolute Gasteiger partial charge is 0.398 e. The van der Waals surface area contributed by atoms with Gasteiger partial charge in [0, 0.05) is 12.3 Å². The number of nitrogen functional groups attached to an aromatic ring is 1. The van der Waals surface area contributed by atoms with Crippen LogP contribution in [0.1, 0.15) is 36.7 Å². The van der Waals surface area contributed by atoms with Gasteiger partial charge in [0.05, 0.1) is 18.2 Å². The number of ether oxygens (including phenoxy) is 1. The lowest BCUT2D eigenvalue weighted by molar-refractivity contribution is 0.0807. The smallest absolute Gasteiger partial charge is 0.253 e. The topological polar surface area (TPSA) is 64.3 Å². The van der Waals surface area contributed by atoms with Crippen LogP contribution < -0.4 is 11.1 Å². The average Bonchev–Trinajstić information content (AvgIpc) is 2.36. The summed E-state index contributed by atoms with van der Waals surface area (Å²) in [4.78, 5) is 12.2. The Bertz CT molecular complexity index is 430. The zero-order valence-electron chi connectivity index (χ0n) is 12.2. The molecule has 19 heavy (non-hydrogen) atoms. The van der Waals surface area contributed by atoms with Crippen LogP contribution in [-0.2, 0) is 4.74 Å². The van der Waals surface area contributed by atoms with Crippen molar-refractivity contribution in [1.29, 1.82) is 0 Å². The van der Waals surface area contributed by atoms with Gasteiger partial charge in [0.25, 0.3) is 5.91 Å². The molecule has 0 saturated carbocycles. The number of carbonyl (C=O) groups is 1. The Balaban J connectivity index is 2.78. The highest BCUT2D eigenvalue weighted by atomic mass is 16.5. The third kappa shape index (κ3) is 4.56. The molecule has 1 atom stereocenters. The number of rotatable bonds is 6. The molecule has 1 aromatic rings. The molecular weight excluding hydrogens is 240 g/mol. The number of amides is 1. The first kappa shape index (κ1) is 15.5. The molecule has 1 rings (SSSR count). The van der Waals surface area contributed by atoms with Gasteiger partial charge in [-0.25, -0.2) is 0 Å². The van der Waals surface area contributed by atoms with E-state index in [1.54, 1.807) is 6.07 Å². The van der Waals surface area contributed by atoms with Crippen molar-refractivity contribution in [2.45, 2.75) is 33.7 Å². The monoisotopic (exact) mass is 264 g/mol. The van der Waals surface area contributed by atoms with Crippen LogP contribution in [0.4, 0.5) is 5.69 Å². The van der Waals surface area contributed by atoms with Crippen LogP contribution in [0.15, 0.2) is 18.2 Å². The van der Waals surface area contributed by atoms with Crippen molar-refractivity contribution in [3.63, 3.8) is 0 Å². The summed E-state index contributed by atoms with van der Waals surface area (Å²) in [6.07, 6.45) is 0. The number of carbonyl (C=O) groups excluding carboxylic acids is 1. The van der Waals surface area contributed by atoms with E-state index in [-0.39, 0.29) is 11.9 Å². The van der Waals surface area contributed by atoms with Crippen LogP contribution >= 0.6 is 0 Å². The van der Waals surface area contributed by atoms with Gasteiger partial charge in [0.15, 0.2) is 0 Å². The van der Waals surface area contributed by atoms with E-state index in [0.29, 0.717) is 30.4 Å². The molecule has 4 heteroatoms. The predicted molar refractivity (Wildman–Crippen MR) is 78.2 cm³/mol. The molecule has 0 radical (unpaired) electrons. The van der Waals surface area contributed by atoms with Crippen molar-refractivity contribution in [1.82, 2.24) is 5.32 Å². The third-order valence-corrected chi connectivity index (χ3v) is 3.08. The maximum Gasteiger partial charge on any atom is 0.253 e. The Morgan fingerprint density at radius 1 is 1.42 bits per heavy atom. The third-order valence-electron chi connectivity index (χ3n) is 3.08. The van der Waals surface area contributed by atoms with Crippen molar-refractivity contribution in [2.75, 3.05) is 18.9 Å². The van der Waals surface area contributed by atoms with Crippen LogP contribution in [0, 0.1) is 12.8 Å². The summed E-state index contributed by atoms with van der Waals surface area (Å²) in [5.74, 6) is 0.168. The second-order valence-electron chi connectivity index (χ2n) is 5.07. The van der Waals surface area contributed by atoms with Gasteiger partial charge in [-0.1, -0.05) is 25.5 Å². The molecule has 1 unspecified atom stereocenters. The molecule has 0 fully saturated rings. The minimum absolute atomic E-state index is 0.00707. The first-order valence-electron chi connectivity index (χ1n) is 6.70. The van der Waals surface area contributed by atoms with E-state index in [4.69, 9.17) is 10.5 Å². The number of aryl methyl sites for hydroxylation is 1. The predicted octanol–water partition coefficient (Wildman–Crippen LogP) is 2.37. The molecule has 0 aliphatic rings. The summed E-state index contributed by atoms with van der Waals surface area (Å²) in [5, 5.41) is 2.99. The Morgan fingerprint density at radius 3 is 2.68 bits per heavy atom. The van der Waals surface area contributed by atoms with Crippen molar-refractivity contribution < 1.29 is 9.53 Å².